The van der Waals surface area contributed by atoms with Gasteiger partial charge in [0.05, 0.1) is 0 Å². The maximum atomic E-state index is 8.70. The number of benzene rings is 1. The molecule has 1 aromatic heterocycles. The van der Waals surface area contributed by atoms with E-state index in [2.05, 4.69) is 35.9 Å². The van der Waals surface area contributed by atoms with E-state index in [1.807, 2.05) is 18.2 Å². The van der Waals surface area contributed by atoms with Gasteiger partial charge in [-0.3, -0.25) is 0 Å². The summed E-state index contributed by atoms with van der Waals surface area (Å²) in [5.74, 6) is 0. The van der Waals surface area contributed by atoms with E-state index in [0.717, 1.165) is 0 Å². The molecular weight excluding hydrogens is 186 g/mol. The molecule has 0 spiro atoms. The van der Waals surface area contributed by atoms with E-state index in [1.165, 1.54) is 16.6 Å². The molecule has 0 amide bonds. The number of hydrogen-bond acceptors (Lipinski definition) is 1. The number of para-hydroxylation sites is 1. The summed E-state index contributed by atoms with van der Waals surface area (Å²) < 4.78 is 2.16. The Labute approximate surface area is 89.5 Å². The van der Waals surface area contributed by atoms with Crippen molar-refractivity contribution in [2.24, 2.45) is 7.05 Å². The molecule has 2 aromatic rings. The molecule has 2 nitrogen and oxygen atoms in total. The standard InChI is InChI=1S/C13H15NO/c1-14-12(7-4-5-9-15)10-11-6-2-3-8-13(11)14/h2-4,6-8,10,15H,5,9H2,1H3. The van der Waals surface area contributed by atoms with Gasteiger partial charge in [-0.2, -0.15) is 0 Å². The minimum Gasteiger partial charge on any atom is -0.396 e. The van der Waals surface area contributed by atoms with Crippen molar-refractivity contribution >= 4 is 17.0 Å². The van der Waals surface area contributed by atoms with Crippen LogP contribution in [0.15, 0.2) is 36.4 Å². The summed E-state index contributed by atoms with van der Waals surface area (Å²) in [4.78, 5) is 0. The molecular formula is C13H15NO. The van der Waals surface area contributed by atoms with E-state index < -0.39 is 0 Å². The molecule has 0 fully saturated rings. The predicted octanol–water partition coefficient (Wildman–Crippen LogP) is 2.57. The zero-order valence-electron chi connectivity index (χ0n) is 8.85. The molecule has 15 heavy (non-hydrogen) atoms. The van der Waals surface area contributed by atoms with Gasteiger partial charge in [0.1, 0.15) is 0 Å². The Bertz CT molecular complexity index is 482. The Morgan fingerprint density at radius 3 is 2.87 bits per heavy atom. The number of aryl methyl sites for hydroxylation is 1. The van der Waals surface area contributed by atoms with Crippen LogP contribution in [-0.4, -0.2) is 16.3 Å². The first kappa shape index (κ1) is 9.99. The summed E-state index contributed by atoms with van der Waals surface area (Å²) in [6.07, 6.45) is 4.76. The first-order valence-electron chi connectivity index (χ1n) is 5.15. The van der Waals surface area contributed by atoms with Crippen molar-refractivity contribution in [3.05, 3.63) is 42.1 Å². The van der Waals surface area contributed by atoms with Crippen LogP contribution in [0.4, 0.5) is 0 Å². The van der Waals surface area contributed by atoms with Crippen molar-refractivity contribution in [2.45, 2.75) is 6.42 Å². The quantitative estimate of drug-likeness (QED) is 0.811. The third-order valence-electron chi connectivity index (χ3n) is 2.57. The molecule has 0 atom stereocenters. The zero-order valence-corrected chi connectivity index (χ0v) is 8.85. The van der Waals surface area contributed by atoms with Gasteiger partial charge >= 0.3 is 0 Å². The predicted molar refractivity (Wildman–Crippen MR) is 63.7 cm³/mol. The lowest BCUT2D eigenvalue weighted by atomic mass is 10.2. The summed E-state index contributed by atoms with van der Waals surface area (Å²) in [6, 6.07) is 10.5. The molecule has 0 saturated heterocycles. The third-order valence-corrected chi connectivity index (χ3v) is 2.57. The van der Waals surface area contributed by atoms with Gasteiger partial charge in [0, 0.05) is 30.3 Å². The molecule has 78 valence electrons. The maximum absolute atomic E-state index is 8.70. The third kappa shape index (κ3) is 1.95. The molecule has 0 saturated carbocycles. The van der Waals surface area contributed by atoms with Gasteiger partial charge in [0.2, 0.25) is 0 Å². The van der Waals surface area contributed by atoms with Gasteiger partial charge in [0.15, 0.2) is 0 Å². The number of aromatic nitrogens is 1. The number of nitrogens with zero attached hydrogens (tertiary/aromatic N) is 1. The molecule has 1 N–H and O–H groups in total. The Kier molecular flexibility index (Phi) is 2.88. The monoisotopic (exact) mass is 201 g/mol. The highest BCUT2D eigenvalue weighted by molar-refractivity contribution is 5.83. The van der Waals surface area contributed by atoms with Crippen LogP contribution >= 0.6 is 0 Å². The fraction of sp³-hybridized carbons (Fsp3) is 0.231. The molecule has 0 radical (unpaired) electrons. The molecule has 0 unspecified atom stereocenters. The second-order valence-corrected chi connectivity index (χ2v) is 3.60. The Morgan fingerprint density at radius 2 is 2.13 bits per heavy atom. The van der Waals surface area contributed by atoms with Crippen molar-refractivity contribution in [1.82, 2.24) is 4.57 Å². The van der Waals surface area contributed by atoms with E-state index in [9.17, 15) is 0 Å². The van der Waals surface area contributed by atoms with Gasteiger partial charge in [-0.15, -0.1) is 0 Å². The van der Waals surface area contributed by atoms with E-state index >= 15 is 0 Å². The van der Waals surface area contributed by atoms with Crippen molar-refractivity contribution in [1.29, 1.82) is 0 Å². The van der Waals surface area contributed by atoms with Gasteiger partial charge in [-0.25, -0.2) is 0 Å². The smallest absolute Gasteiger partial charge is 0.0482 e. The largest absolute Gasteiger partial charge is 0.396 e. The van der Waals surface area contributed by atoms with Crippen LogP contribution < -0.4 is 0 Å². The minimum absolute atomic E-state index is 0.209. The first-order valence-corrected chi connectivity index (χ1v) is 5.15. The Balaban J connectivity index is 2.40. The average Bonchev–Trinajstić information content (AvgIpc) is 2.57. The maximum Gasteiger partial charge on any atom is 0.0482 e. The summed E-state index contributed by atoms with van der Waals surface area (Å²) in [5, 5.41) is 9.95. The molecule has 1 aromatic carbocycles. The highest BCUT2D eigenvalue weighted by atomic mass is 16.2. The summed E-state index contributed by atoms with van der Waals surface area (Å²) >= 11 is 0. The van der Waals surface area contributed by atoms with E-state index in [0.29, 0.717) is 6.42 Å². The van der Waals surface area contributed by atoms with Gasteiger partial charge in [-0.05, 0) is 24.6 Å². The Hall–Kier alpha value is -1.54. The number of aliphatic hydroxyl groups is 1. The average molecular weight is 201 g/mol. The lowest BCUT2D eigenvalue weighted by Crippen LogP contribution is -1.89. The lowest BCUT2D eigenvalue weighted by Gasteiger charge is -1.98. The summed E-state index contributed by atoms with van der Waals surface area (Å²) in [7, 11) is 2.06. The second-order valence-electron chi connectivity index (χ2n) is 3.60. The molecule has 0 aliphatic rings. The van der Waals surface area contributed by atoms with Crippen LogP contribution in [0, 0.1) is 0 Å². The van der Waals surface area contributed by atoms with E-state index in [4.69, 9.17) is 5.11 Å². The van der Waals surface area contributed by atoms with Gasteiger partial charge in [-0.1, -0.05) is 24.3 Å². The number of aliphatic hydroxyl groups excluding tert-OH is 1. The highest BCUT2D eigenvalue weighted by Gasteiger charge is 2.00. The van der Waals surface area contributed by atoms with E-state index in [-0.39, 0.29) is 6.61 Å². The molecule has 0 aliphatic heterocycles. The van der Waals surface area contributed by atoms with Crippen LogP contribution in [0.1, 0.15) is 12.1 Å². The fourth-order valence-electron chi connectivity index (χ4n) is 1.75. The highest BCUT2D eigenvalue weighted by Crippen LogP contribution is 2.19. The van der Waals surface area contributed by atoms with Crippen molar-refractivity contribution in [3.8, 4) is 0 Å². The van der Waals surface area contributed by atoms with Crippen molar-refractivity contribution < 1.29 is 5.11 Å². The number of rotatable bonds is 3. The summed E-state index contributed by atoms with van der Waals surface area (Å²) in [5.41, 5.74) is 2.41. The summed E-state index contributed by atoms with van der Waals surface area (Å²) in [6.45, 7) is 0.209. The van der Waals surface area contributed by atoms with Crippen LogP contribution in [0.3, 0.4) is 0 Å². The van der Waals surface area contributed by atoms with Crippen LogP contribution in [0.2, 0.25) is 0 Å². The van der Waals surface area contributed by atoms with Crippen molar-refractivity contribution in [2.75, 3.05) is 6.61 Å². The van der Waals surface area contributed by atoms with Crippen LogP contribution in [0.25, 0.3) is 17.0 Å². The van der Waals surface area contributed by atoms with Gasteiger partial charge < -0.3 is 9.67 Å². The van der Waals surface area contributed by atoms with Crippen LogP contribution in [0.5, 0.6) is 0 Å². The Morgan fingerprint density at radius 1 is 1.33 bits per heavy atom. The topological polar surface area (TPSA) is 25.2 Å². The van der Waals surface area contributed by atoms with Gasteiger partial charge in [0.25, 0.3) is 0 Å². The molecule has 1 heterocycles. The van der Waals surface area contributed by atoms with Crippen LogP contribution in [-0.2, 0) is 7.05 Å². The second kappa shape index (κ2) is 4.32. The molecule has 2 rings (SSSR count). The molecule has 2 heteroatoms. The SMILES string of the molecule is Cn1c(C=CCCO)cc2ccccc21. The number of hydrogen-bond donors (Lipinski definition) is 1. The molecule has 0 aliphatic carbocycles. The molecule has 0 bridgehead atoms. The van der Waals surface area contributed by atoms with Crippen molar-refractivity contribution in [3.63, 3.8) is 0 Å². The first-order chi connectivity index (χ1) is 7.33. The fourth-order valence-corrected chi connectivity index (χ4v) is 1.75. The number of fused-ring (bicyclic) bond motifs is 1. The zero-order chi connectivity index (χ0) is 10.7. The minimum atomic E-state index is 0.209. The normalized spacial score (nSPS) is 11.6. The van der Waals surface area contributed by atoms with E-state index in [1.54, 1.807) is 0 Å². The lowest BCUT2D eigenvalue weighted by molar-refractivity contribution is 0.303.